The molecule has 4 amide bonds. The normalized spacial score (nSPS) is 24.3. The summed E-state index contributed by atoms with van der Waals surface area (Å²) in [5, 5.41) is 0. The number of likely N-dealkylation sites (tertiary alicyclic amines) is 4. The van der Waals surface area contributed by atoms with E-state index in [0.717, 1.165) is 0 Å². The van der Waals surface area contributed by atoms with Gasteiger partial charge < -0.3 is 38.5 Å². The van der Waals surface area contributed by atoms with E-state index in [1.807, 2.05) is 144 Å². The number of rotatable bonds is 15. The van der Waals surface area contributed by atoms with Crippen molar-refractivity contribution in [2.24, 2.45) is 11.8 Å². The number of ether oxygens (including phenoxy) is 4. The zero-order valence-corrected chi connectivity index (χ0v) is 48.1. The van der Waals surface area contributed by atoms with Crippen molar-refractivity contribution < 1.29 is 57.3 Å². The van der Waals surface area contributed by atoms with Crippen molar-refractivity contribution in [3.05, 3.63) is 0 Å². The monoisotopic (exact) mass is 1010 g/mol. The van der Waals surface area contributed by atoms with E-state index in [2.05, 4.69) is 0 Å². The van der Waals surface area contributed by atoms with Gasteiger partial charge in [0, 0.05) is 121 Å². The number of piperidine rings is 4. The van der Waals surface area contributed by atoms with Crippen molar-refractivity contribution in [3.8, 4) is 0 Å². The summed E-state index contributed by atoms with van der Waals surface area (Å²) in [4.78, 5) is 120. The second kappa shape index (κ2) is 21.5. The lowest BCUT2D eigenvalue weighted by molar-refractivity contribution is -0.186. The Morgan fingerprint density at radius 2 is 0.500 bits per heavy atom. The minimum atomic E-state index is -1.58. The summed E-state index contributed by atoms with van der Waals surface area (Å²) in [5.41, 5.74) is -5.72. The lowest BCUT2D eigenvalue weighted by Crippen LogP contribution is -2.64. The number of esters is 4. The van der Waals surface area contributed by atoms with Crippen LogP contribution < -0.4 is 0 Å². The van der Waals surface area contributed by atoms with Gasteiger partial charge in [-0.1, -0.05) is 27.7 Å². The first-order chi connectivity index (χ1) is 32.7. The molecule has 2 unspecified atom stereocenters. The van der Waals surface area contributed by atoms with Crippen LogP contribution in [0.3, 0.4) is 0 Å². The van der Waals surface area contributed by atoms with Gasteiger partial charge in [-0.2, -0.15) is 0 Å². The predicted octanol–water partition coefficient (Wildman–Crippen LogP) is 9.00. The van der Waals surface area contributed by atoms with Crippen molar-refractivity contribution in [1.29, 1.82) is 0 Å². The summed E-state index contributed by atoms with van der Waals surface area (Å²) in [6.45, 7) is 38.0. The molecule has 16 heteroatoms. The number of hydrogen-bond acceptors (Lipinski definition) is 12. The molecule has 0 spiro atoms. The third-order valence-electron chi connectivity index (χ3n) is 15.9. The van der Waals surface area contributed by atoms with E-state index in [4.69, 9.17) is 18.9 Å². The van der Waals surface area contributed by atoms with Crippen LogP contribution in [0.5, 0.6) is 0 Å². The number of carbonyl (C=O) groups excluding carboxylic acids is 8. The molecule has 0 aromatic carbocycles. The lowest BCUT2D eigenvalue weighted by atomic mass is 9.77. The Balaban J connectivity index is 1.79. The molecule has 4 aliphatic heterocycles. The highest BCUT2D eigenvalue weighted by Crippen LogP contribution is 2.45. The minimum Gasteiger partial charge on any atom is -0.462 e. The Hall–Kier alpha value is -4.24. The maximum Gasteiger partial charge on any atom is 0.310 e. The number of carbonyl (C=O) groups is 8. The second-order valence-corrected chi connectivity index (χ2v) is 26.4. The predicted molar refractivity (Wildman–Crippen MR) is 274 cm³/mol. The van der Waals surface area contributed by atoms with Gasteiger partial charge >= 0.3 is 23.9 Å². The fourth-order valence-corrected chi connectivity index (χ4v) is 14.5. The lowest BCUT2D eigenvalue weighted by Gasteiger charge is -2.55. The van der Waals surface area contributed by atoms with E-state index in [9.17, 15) is 28.8 Å². The average Bonchev–Trinajstić information content (AvgIpc) is 3.17. The van der Waals surface area contributed by atoms with Gasteiger partial charge in [0.1, 0.15) is 24.4 Å². The third-order valence-corrected chi connectivity index (χ3v) is 15.9. The van der Waals surface area contributed by atoms with Crippen LogP contribution in [0, 0.1) is 11.8 Å². The van der Waals surface area contributed by atoms with Crippen molar-refractivity contribution in [2.75, 3.05) is 0 Å². The highest BCUT2D eigenvalue weighted by atomic mass is 16.6. The Kier molecular flexibility index (Phi) is 18.0. The first-order valence-corrected chi connectivity index (χ1v) is 26.8. The number of amides is 4. The van der Waals surface area contributed by atoms with Gasteiger partial charge in [0.2, 0.25) is 23.6 Å². The fraction of sp³-hybridized carbons (Fsp3) is 0.857. The van der Waals surface area contributed by atoms with E-state index in [-0.39, 0.29) is 62.2 Å². The molecule has 410 valence electrons. The third kappa shape index (κ3) is 13.3. The fourth-order valence-electron chi connectivity index (χ4n) is 14.5. The van der Waals surface area contributed by atoms with E-state index in [1.54, 1.807) is 13.8 Å². The topological polar surface area (TPSA) is 186 Å². The Labute approximate surface area is 432 Å². The Bertz CT molecular complexity index is 1850. The zero-order chi connectivity index (χ0) is 55.1. The van der Waals surface area contributed by atoms with Gasteiger partial charge in [-0.15, -0.1) is 0 Å². The van der Waals surface area contributed by atoms with Crippen LogP contribution in [0.2, 0.25) is 0 Å². The second-order valence-electron chi connectivity index (χ2n) is 26.4. The summed E-state index contributed by atoms with van der Waals surface area (Å²) >= 11 is 0. The molecule has 72 heavy (non-hydrogen) atoms. The summed E-state index contributed by atoms with van der Waals surface area (Å²) in [6.07, 6.45) is -0.529. The first kappa shape index (κ1) is 60.3. The summed E-state index contributed by atoms with van der Waals surface area (Å²) < 4.78 is 25.3. The Morgan fingerprint density at radius 3 is 0.667 bits per heavy atom. The van der Waals surface area contributed by atoms with Gasteiger partial charge in [0.25, 0.3) is 0 Å². The number of nitrogens with zero attached hydrogens (tertiary/aromatic N) is 4. The molecular weight excluding hydrogens is 921 g/mol. The van der Waals surface area contributed by atoms with Gasteiger partial charge in [-0.3, -0.25) is 38.4 Å². The largest absolute Gasteiger partial charge is 0.462 e. The van der Waals surface area contributed by atoms with Crippen LogP contribution in [-0.4, -0.2) is 136 Å². The van der Waals surface area contributed by atoms with E-state index in [0.29, 0.717) is 38.5 Å². The van der Waals surface area contributed by atoms with Gasteiger partial charge in [0.15, 0.2) is 0 Å². The maximum absolute atomic E-state index is 15.2. The zero-order valence-electron chi connectivity index (χ0n) is 48.1. The van der Waals surface area contributed by atoms with Crippen LogP contribution in [0.1, 0.15) is 228 Å². The first-order valence-electron chi connectivity index (χ1n) is 26.8. The average molecular weight is 1020 g/mol. The van der Waals surface area contributed by atoms with Crippen LogP contribution >= 0.6 is 0 Å². The number of hydrogen-bond donors (Lipinski definition) is 0. The molecule has 4 heterocycles. The summed E-state index contributed by atoms with van der Waals surface area (Å²) in [5.74, 6) is -6.66. The highest BCUT2D eigenvalue weighted by Gasteiger charge is 2.54. The van der Waals surface area contributed by atoms with Gasteiger partial charge in [-0.05, 0) is 111 Å². The molecule has 4 rings (SSSR count). The molecule has 0 aromatic heterocycles. The van der Waals surface area contributed by atoms with E-state index < -0.39 is 117 Å². The SMILES string of the molecule is CCC(=O)N1C(C)(C)CC(OC(=O)CC(C(=O)OC2CC(C)(C)N(C(=O)CC)C(C)(C)C2)C(CC(=O)OC2CC(C)(C)N(C(=O)CC)C(C)(C)C2)C(=O)OC2CC(C)(C)N(C(=O)CC)C(C)(C)C2)CC1(C)C. The molecule has 0 radical (unpaired) electrons. The van der Waals surface area contributed by atoms with Crippen LogP contribution in [-0.2, 0) is 57.3 Å². The molecular formula is C56H94N4O12. The Morgan fingerprint density at radius 1 is 0.333 bits per heavy atom. The van der Waals surface area contributed by atoms with Crippen LogP contribution in [0.25, 0.3) is 0 Å². The molecule has 16 nitrogen and oxygen atoms in total. The van der Waals surface area contributed by atoms with Crippen LogP contribution in [0.15, 0.2) is 0 Å². The standard InChI is InChI=1S/C56H94N4O12/c1-21-41(61)57-49(5,6)27-35(28-50(57,7)8)69-45(65)25-39(47(67)71-37-31-53(13,14)59(43(63)23-3)54(15,16)32-37)40(48(68)72-38-33-55(17,18)60(44(64)24-4)56(19,20)34-38)26-46(66)70-36-29-51(9,10)58(42(62)22-2)52(11,12)30-36/h35-40H,21-34H2,1-20H3. The van der Waals surface area contributed by atoms with Crippen molar-refractivity contribution in [1.82, 2.24) is 19.6 Å². The molecule has 4 saturated heterocycles. The van der Waals surface area contributed by atoms with Gasteiger partial charge in [0.05, 0.1) is 24.7 Å². The van der Waals surface area contributed by atoms with Crippen LogP contribution in [0.4, 0.5) is 0 Å². The van der Waals surface area contributed by atoms with E-state index >= 15 is 9.59 Å². The summed E-state index contributed by atoms with van der Waals surface area (Å²) in [6, 6.07) is 0. The molecule has 0 bridgehead atoms. The maximum atomic E-state index is 15.2. The van der Waals surface area contributed by atoms with Gasteiger partial charge in [-0.25, -0.2) is 0 Å². The van der Waals surface area contributed by atoms with Crippen molar-refractivity contribution >= 4 is 47.5 Å². The smallest absolute Gasteiger partial charge is 0.310 e. The highest BCUT2D eigenvalue weighted by molar-refractivity contribution is 5.89. The van der Waals surface area contributed by atoms with Crippen molar-refractivity contribution in [2.45, 2.75) is 297 Å². The quantitative estimate of drug-likeness (QED) is 0.112. The molecule has 4 aliphatic rings. The molecule has 0 aliphatic carbocycles. The van der Waals surface area contributed by atoms with E-state index in [1.165, 1.54) is 0 Å². The minimum absolute atomic E-state index is 0.0244. The molecule has 0 aromatic rings. The molecule has 0 N–H and O–H groups in total. The molecule has 2 atom stereocenters. The molecule has 0 saturated carbocycles. The summed E-state index contributed by atoms with van der Waals surface area (Å²) in [7, 11) is 0. The molecule has 4 fully saturated rings. The van der Waals surface area contributed by atoms with Crippen molar-refractivity contribution in [3.63, 3.8) is 0 Å².